The van der Waals surface area contributed by atoms with E-state index in [1.165, 1.54) is 68.3 Å². The molecule has 2 bridgehead atoms. The summed E-state index contributed by atoms with van der Waals surface area (Å²) in [5.74, 6) is 3.77. The second-order valence-electron chi connectivity index (χ2n) is 12.0. The molecule has 6 aliphatic rings. The van der Waals surface area contributed by atoms with Gasteiger partial charge >= 0.3 is 0 Å². The Labute approximate surface area is 219 Å². The number of nitrogens with zero attached hydrogens (tertiary/aromatic N) is 2. The molecule has 2 saturated carbocycles. The van der Waals surface area contributed by atoms with Gasteiger partial charge in [-0.3, -0.25) is 0 Å². The van der Waals surface area contributed by atoms with Gasteiger partial charge in [-0.2, -0.15) is 0 Å². The minimum Gasteiger partial charge on any atom is -0.341 e. The molecule has 192 valence electrons. The van der Waals surface area contributed by atoms with Crippen LogP contribution in [0.5, 0.6) is 0 Å². The van der Waals surface area contributed by atoms with E-state index in [2.05, 4.69) is 39.0 Å². The highest BCUT2D eigenvalue weighted by Gasteiger charge is 2.44. The summed E-state index contributed by atoms with van der Waals surface area (Å²) in [7, 11) is 0. The molecular weight excluding hydrogens is 456 g/mol. The number of hydrogen-bond donors (Lipinski definition) is 4. The van der Waals surface area contributed by atoms with Gasteiger partial charge in [0.15, 0.2) is 0 Å². The third kappa shape index (κ3) is 3.75. The molecule has 8 rings (SSSR count). The van der Waals surface area contributed by atoms with E-state index in [-0.39, 0.29) is 0 Å². The van der Waals surface area contributed by atoms with Gasteiger partial charge in [0, 0.05) is 0 Å². The topological polar surface area (TPSA) is 81.4 Å². The van der Waals surface area contributed by atoms with Crippen LogP contribution in [-0.4, -0.2) is 33.0 Å². The van der Waals surface area contributed by atoms with Crippen molar-refractivity contribution in [3.8, 4) is 0 Å². The number of allylic oxidation sites excluding steroid dienone is 8. The van der Waals surface area contributed by atoms with E-state index in [4.69, 9.17) is 9.97 Å². The Morgan fingerprint density at radius 1 is 0.622 bits per heavy atom. The van der Waals surface area contributed by atoms with Gasteiger partial charge in [0.25, 0.3) is 0 Å². The summed E-state index contributed by atoms with van der Waals surface area (Å²) in [6.45, 7) is 2.21. The van der Waals surface area contributed by atoms with Crippen LogP contribution in [0.15, 0.2) is 46.8 Å². The molecule has 0 radical (unpaired) electrons. The highest BCUT2D eigenvalue weighted by molar-refractivity contribution is 5.77. The lowest BCUT2D eigenvalue weighted by molar-refractivity contribution is 0.611. The van der Waals surface area contributed by atoms with Gasteiger partial charge in [-0.15, -0.1) is 0 Å². The summed E-state index contributed by atoms with van der Waals surface area (Å²) < 4.78 is 0. The van der Waals surface area contributed by atoms with E-state index in [1.807, 2.05) is 6.20 Å². The normalized spacial score (nSPS) is 31.4. The van der Waals surface area contributed by atoms with Gasteiger partial charge in [0.05, 0.1) is 35.9 Å². The highest BCUT2D eigenvalue weighted by Crippen LogP contribution is 2.59. The quantitative estimate of drug-likeness (QED) is 0.407. The van der Waals surface area contributed by atoms with Crippen molar-refractivity contribution in [2.24, 2.45) is 11.8 Å². The zero-order chi connectivity index (χ0) is 24.3. The molecule has 0 spiro atoms. The number of imidazole rings is 2. The average Bonchev–Trinajstić information content (AvgIpc) is 3.79. The number of hydrogen-bond acceptors (Lipinski definition) is 4. The second-order valence-corrected chi connectivity index (χ2v) is 12.0. The molecule has 0 amide bonds. The maximum atomic E-state index is 4.82. The van der Waals surface area contributed by atoms with Crippen molar-refractivity contribution < 1.29 is 0 Å². The van der Waals surface area contributed by atoms with Crippen LogP contribution in [-0.2, 0) is 0 Å². The third-order valence-electron chi connectivity index (χ3n) is 9.99. The Morgan fingerprint density at radius 2 is 1.22 bits per heavy atom. The number of rotatable bonds is 5. The molecule has 4 N–H and O–H groups in total. The minimum absolute atomic E-state index is 0.399. The molecular formula is C31H38N6. The monoisotopic (exact) mass is 494 g/mol. The molecule has 0 aromatic carbocycles. The molecule has 4 heterocycles. The molecule has 2 saturated heterocycles. The van der Waals surface area contributed by atoms with Crippen molar-refractivity contribution in [1.29, 1.82) is 0 Å². The predicted molar refractivity (Wildman–Crippen MR) is 146 cm³/mol. The maximum Gasteiger partial charge on any atom is 0.123 e. The van der Waals surface area contributed by atoms with Crippen LogP contribution in [0.3, 0.4) is 0 Å². The average molecular weight is 495 g/mol. The lowest BCUT2D eigenvalue weighted by atomic mass is 9.74. The first kappa shape index (κ1) is 22.3. The van der Waals surface area contributed by atoms with Gasteiger partial charge in [-0.1, -0.05) is 12.2 Å². The van der Waals surface area contributed by atoms with Crippen molar-refractivity contribution in [3.63, 3.8) is 0 Å². The van der Waals surface area contributed by atoms with Gasteiger partial charge in [-0.25, -0.2) is 9.97 Å². The Bertz CT molecular complexity index is 1340. The summed E-state index contributed by atoms with van der Waals surface area (Å²) in [6.07, 6.45) is 22.5. The van der Waals surface area contributed by atoms with Gasteiger partial charge < -0.3 is 20.6 Å². The van der Waals surface area contributed by atoms with Crippen molar-refractivity contribution in [1.82, 2.24) is 30.6 Å². The number of fused-ring (bicyclic) bond motifs is 5. The zero-order valence-electron chi connectivity index (χ0n) is 21.7. The van der Waals surface area contributed by atoms with Crippen LogP contribution in [0.4, 0.5) is 0 Å². The Morgan fingerprint density at radius 3 is 1.86 bits per heavy atom. The maximum absolute atomic E-state index is 4.82. The molecule has 6 nitrogen and oxygen atoms in total. The van der Waals surface area contributed by atoms with E-state index < -0.39 is 0 Å². The van der Waals surface area contributed by atoms with E-state index in [1.54, 1.807) is 27.9 Å². The fourth-order valence-electron chi connectivity index (χ4n) is 8.19. The lowest BCUT2D eigenvalue weighted by Crippen LogP contribution is -2.15. The van der Waals surface area contributed by atoms with E-state index >= 15 is 0 Å². The summed E-state index contributed by atoms with van der Waals surface area (Å²) in [5, 5.41) is 7.16. The molecule has 2 aliphatic heterocycles. The van der Waals surface area contributed by atoms with E-state index in [0.717, 1.165) is 55.8 Å². The largest absolute Gasteiger partial charge is 0.341 e. The van der Waals surface area contributed by atoms with Crippen LogP contribution >= 0.6 is 0 Å². The smallest absolute Gasteiger partial charge is 0.123 e. The molecule has 2 aromatic rings. The SMILES string of the molecule is C1=C(C2=C3C(=C(c4cnc(C5CCCN5)[nH]4)CC2)C2CCC3C2)CCC(c2cnc(C3CCCN3)[nH]2)=C1. The zero-order valence-corrected chi connectivity index (χ0v) is 21.7. The first-order valence-electron chi connectivity index (χ1n) is 14.8. The second kappa shape index (κ2) is 8.95. The Kier molecular flexibility index (Phi) is 5.39. The van der Waals surface area contributed by atoms with Crippen molar-refractivity contribution in [2.75, 3.05) is 13.1 Å². The molecule has 4 atom stereocenters. The first-order chi connectivity index (χ1) is 18.3. The third-order valence-corrected chi connectivity index (χ3v) is 9.99. The highest BCUT2D eigenvalue weighted by atomic mass is 15.0. The van der Waals surface area contributed by atoms with Crippen LogP contribution in [0, 0.1) is 11.8 Å². The Balaban J connectivity index is 1.10. The molecule has 6 heteroatoms. The number of aromatic nitrogens is 4. The molecule has 4 aliphatic carbocycles. The number of aromatic amines is 2. The van der Waals surface area contributed by atoms with Crippen LogP contribution < -0.4 is 10.6 Å². The number of H-pyrrole nitrogens is 2. The van der Waals surface area contributed by atoms with E-state index in [9.17, 15) is 0 Å². The summed E-state index contributed by atoms with van der Waals surface area (Å²) >= 11 is 0. The molecule has 4 unspecified atom stereocenters. The first-order valence-corrected chi connectivity index (χ1v) is 14.8. The summed E-state index contributed by atoms with van der Waals surface area (Å²) in [5.41, 5.74) is 12.2. The summed E-state index contributed by atoms with van der Waals surface area (Å²) in [4.78, 5) is 16.9. The number of nitrogens with one attached hydrogen (secondary N) is 4. The van der Waals surface area contributed by atoms with Gasteiger partial charge in [0.2, 0.25) is 0 Å². The van der Waals surface area contributed by atoms with Crippen LogP contribution in [0.25, 0.3) is 11.1 Å². The lowest BCUT2D eigenvalue weighted by Gasteiger charge is -2.31. The molecule has 37 heavy (non-hydrogen) atoms. The standard InChI is InChI=1S/C31H38N6/c1-3-24(32-13-1)30-34-16-26(36-30)19-7-5-18(6-8-19)22-11-12-23(29-21-10-9-20(15-21)28(22)29)27-17-35-31(37-27)25-4-2-14-33-25/h5,7,16-17,20-21,24-25,32-33H,1-4,6,8-15H2,(H,34,36)(H,35,37). The van der Waals surface area contributed by atoms with Crippen molar-refractivity contribution >= 4 is 11.1 Å². The van der Waals surface area contributed by atoms with Crippen LogP contribution in [0.2, 0.25) is 0 Å². The van der Waals surface area contributed by atoms with Gasteiger partial charge in [-0.05, 0) is 129 Å². The molecule has 4 fully saturated rings. The van der Waals surface area contributed by atoms with Crippen molar-refractivity contribution in [3.05, 3.63) is 69.9 Å². The van der Waals surface area contributed by atoms with Crippen LogP contribution in [0.1, 0.15) is 106 Å². The predicted octanol–water partition coefficient (Wildman–Crippen LogP) is 6.06. The van der Waals surface area contributed by atoms with E-state index in [0.29, 0.717) is 12.1 Å². The van der Waals surface area contributed by atoms with Crippen molar-refractivity contribution in [2.45, 2.75) is 82.7 Å². The molecule has 2 aromatic heterocycles. The van der Waals surface area contributed by atoms with Gasteiger partial charge in [0.1, 0.15) is 11.6 Å². The fourth-order valence-corrected chi connectivity index (χ4v) is 8.19. The Hall–Kier alpha value is -2.70. The minimum atomic E-state index is 0.399. The fraction of sp³-hybridized carbons (Fsp3) is 0.548. The summed E-state index contributed by atoms with van der Waals surface area (Å²) in [6, 6.07) is 0.804.